The molecule has 0 atom stereocenters. The summed E-state index contributed by atoms with van der Waals surface area (Å²) in [6, 6.07) is 4.86. The van der Waals surface area contributed by atoms with Crippen molar-refractivity contribution in [3.8, 4) is 11.5 Å². The first kappa shape index (κ1) is 24.3. The first-order valence-electron chi connectivity index (χ1n) is 8.67. The number of carbonyl (C=O) groups excluding carboxylic acids is 1. The maximum absolute atomic E-state index is 11.1. The molecule has 1 rings (SSSR count). The van der Waals surface area contributed by atoms with Crippen LogP contribution in [-0.4, -0.2) is 60.9 Å². The minimum Gasteiger partial charge on any atom is -0.508 e. The summed E-state index contributed by atoms with van der Waals surface area (Å²) in [7, 11) is 0. The number of phenols is 1. The van der Waals surface area contributed by atoms with E-state index >= 15 is 0 Å². The number of aliphatic hydroxyl groups is 2. The van der Waals surface area contributed by atoms with Crippen molar-refractivity contribution in [2.45, 2.75) is 39.5 Å². The van der Waals surface area contributed by atoms with Crippen LogP contribution in [0.25, 0.3) is 0 Å². The molecule has 0 bridgehead atoms. The van der Waals surface area contributed by atoms with Crippen molar-refractivity contribution in [3.63, 3.8) is 0 Å². The number of hydrogen-bond donors (Lipinski definition) is 3. The van der Waals surface area contributed by atoms with Crippen LogP contribution < -0.4 is 4.74 Å². The van der Waals surface area contributed by atoms with Crippen LogP contribution in [-0.2, 0) is 19.7 Å². The Bertz CT molecular complexity index is 501. The molecule has 1 aromatic rings. The Morgan fingerprint density at radius 2 is 1.54 bits per heavy atom. The van der Waals surface area contributed by atoms with E-state index in [0.717, 1.165) is 5.56 Å². The molecule has 0 radical (unpaired) electrons. The Labute approximate surface area is 155 Å². The summed E-state index contributed by atoms with van der Waals surface area (Å²) in [6.07, 6.45) is 0.339. The number of rotatable bonds is 9. The fourth-order valence-corrected chi connectivity index (χ4v) is 1.83. The summed E-state index contributed by atoms with van der Waals surface area (Å²) in [6.45, 7) is 9.45. The first-order chi connectivity index (χ1) is 12.3. The van der Waals surface area contributed by atoms with Crippen LogP contribution in [0.15, 0.2) is 18.2 Å². The van der Waals surface area contributed by atoms with Crippen molar-refractivity contribution in [1.29, 1.82) is 0 Å². The fourth-order valence-electron chi connectivity index (χ4n) is 1.83. The standard InChI is InChI=1S/C13H18O3.C6H14O4/c1-5-12(15)16-9-6-7-11(14)10(8-9)13(2,3)4;7-1-3-9-5-6-10-4-2-8/h6-8,14H,5H2,1-4H3;7-8H,1-6H2. The third kappa shape index (κ3) is 11.0. The highest BCUT2D eigenvalue weighted by Gasteiger charge is 2.19. The predicted molar refractivity (Wildman–Crippen MR) is 98.5 cm³/mol. The molecule has 7 nitrogen and oxygen atoms in total. The van der Waals surface area contributed by atoms with E-state index in [1.807, 2.05) is 20.8 Å². The zero-order chi connectivity index (χ0) is 20.0. The van der Waals surface area contributed by atoms with Crippen LogP contribution in [0.3, 0.4) is 0 Å². The number of aromatic hydroxyl groups is 1. The van der Waals surface area contributed by atoms with E-state index in [0.29, 0.717) is 38.6 Å². The molecule has 0 heterocycles. The van der Waals surface area contributed by atoms with Gasteiger partial charge in [0.15, 0.2) is 0 Å². The second-order valence-electron chi connectivity index (χ2n) is 6.43. The molecule has 0 saturated heterocycles. The lowest BCUT2D eigenvalue weighted by Gasteiger charge is -2.20. The molecular formula is C19H32O7. The lowest BCUT2D eigenvalue weighted by molar-refractivity contribution is -0.134. The van der Waals surface area contributed by atoms with Gasteiger partial charge in [0.05, 0.1) is 39.6 Å². The van der Waals surface area contributed by atoms with E-state index in [4.69, 9.17) is 24.4 Å². The van der Waals surface area contributed by atoms with Gasteiger partial charge < -0.3 is 29.5 Å². The largest absolute Gasteiger partial charge is 0.508 e. The second kappa shape index (κ2) is 13.5. The predicted octanol–water partition coefficient (Wildman–Crippen LogP) is 2.01. The van der Waals surface area contributed by atoms with Crippen LogP contribution in [0, 0.1) is 0 Å². The average Bonchev–Trinajstić information content (AvgIpc) is 2.59. The molecule has 0 aliphatic carbocycles. The zero-order valence-corrected chi connectivity index (χ0v) is 16.2. The molecule has 0 fully saturated rings. The maximum Gasteiger partial charge on any atom is 0.310 e. The number of benzene rings is 1. The summed E-state index contributed by atoms with van der Waals surface area (Å²) >= 11 is 0. The molecule has 3 N–H and O–H groups in total. The summed E-state index contributed by atoms with van der Waals surface area (Å²) in [5, 5.41) is 26.2. The lowest BCUT2D eigenvalue weighted by atomic mass is 9.86. The molecule has 0 spiro atoms. The van der Waals surface area contributed by atoms with E-state index in [2.05, 4.69) is 0 Å². The topological polar surface area (TPSA) is 105 Å². The van der Waals surface area contributed by atoms with E-state index < -0.39 is 0 Å². The Balaban J connectivity index is 0.000000541. The van der Waals surface area contributed by atoms with Gasteiger partial charge in [0, 0.05) is 12.0 Å². The quantitative estimate of drug-likeness (QED) is 0.346. The minimum atomic E-state index is -0.273. The maximum atomic E-state index is 11.1. The Hall–Kier alpha value is -1.67. The van der Waals surface area contributed by atoms with Gasteiger partial charge in [-0.25, -0.2) is 0 Å². The number of phenolic OH excluding ortho intramolecular Hbond substituents is 1. The Morgan fingerprint density at radius 1 is 1.00 bits per heavy atom. The van der Waals surface area contributed by atoms with Gasteiger partial charge in [0.25, 0.3) is 0 Å². The van der Waals surface area contributed by atoms with Gasteiger partial charge in [0.2, 0.25) is 0 Å². The van der Waals surface area contributed by atoms with Gasteiger partial charge in [0.1, 0.15) is 11.5 Å². The number of esters is 1. The molecule has 0 aromatic heterocycles. The highest BCUT2D eigenvalue weighted by molar-refractivity contribution is 5.72. The summed E-state index contributed by atoms with van der Waals surface area (Å²) in [4.78, 5) is 11.1. The smallest absolute Gasteiger partial charge is 0.310 e. The number of hydrogen-bond acceptors (Lipinski definition) is 7. The van der Waals surface area contributed by atoms with Gasteiger partial charge >= 0.3 is 5.97 Å². The van der Waals surface area contributed by atoms with Gasteiger partial charge in [-0.05, 0) is 23.6 Å². The molecule has 150 valence electrons. The van der Waals surface area contributed by atoms with Crippen LogP contribution in [0.5, 0.6) is 11.5 Å². The molecule has 0 aliphatic heterocycles. The van der Waals surface area contributed by atoms with E-state index in [-0.39, 0.29) is 30.3 Å². The van der Waals surface area contributed by atoms with Crippen LogP contribution in [0.4, 0.5) is 0 Å². The molecule has 0 aliphatic rings. The monoisotopic (exact) mass is 372 g/mol. The van der Waals surface area contributed by atoms with Crippen molar-refractivity contribution in [2.75, 3.05) is 39.6 Å². The molecule has 7 heteroatoms. The minimum absolute atomic E-state index is 0.0417. The normalized spacial score (nSPS) is 10.8. The number of ether oxygens (including phenoxy) is 3. The highest BCUT2D eigenvalue weighted by atomic mass is 16.5. The Kier molecular flexibility index (Phi) is 12.7. The summed E-state index contributed by atoms with van der Waals surface area (Å²) in [5.74, 6) is 0.434. The van der Waals surface area contributed by atoms with Crippen molar-refractivity contribution < 1.29 is 34.3 Å². The van der Waals surface area contributed by atoms with Crippen molar-refractivity contribution in [1.82, 2.24) is 0 Å². The molecule has 0 amide bonds. The lowest BCUT2D eigenvalue weighted by Crippen LogP contribution is -2.12. The fraction of sp³-hybridized carbons (Fsp3) is 0.632. The van der Waals surface area contributed by atoms with Crippen molar-refractivity contribution >= 4 is 5.97 Å². The van der Waals surface area contributed by atoms with E-state index in [1.54, 1.807) is 25.1 Å². The van der Waals surface area contributed by atoms with Gasteiger partial charge in [-0.3, -0.25) is 4.79 Å². The SMILES string of the molecule is CCC(=O)Oc1ccc(O)c(C(C)(C)C)c1.OCCOCCOCCO. The summed E-state index contributed by atoms with van der Waals surface area (Å²) in [5.41, 5.74) is 0.590. The van der Waals surface area contributed by atoms with Crippen molar-refractivity contribution in [2.24, 2.45) is 0 Å². The first-order valence-corrected chi connectivity index (χ1v) is 8.67. The molecular weight excluding hydrogens is 340 g/mol. The Morgan fingerprint density at radius 3 is 1.96 bits per heavy atom. The molecule has 0 unspecified atom stereocenters. The summed E-state index contributed by atoms with van der Waals surface area (Å²) < 4.78 is 14.8. The van der Waals surface area contributed by atoms with E-state index in [9.17, 15) is 9.90 Å². The van der Waals surface area contributed by atoms with E-state index in [1.165, 1.54) is 0 Å². The van der Waals surface area contributed by atoms with Gasteiger partial charge in [-0.15, -0.1) is 0 Å². The van der Waals surface area contributed by atoms with Crippen LogP contribution >= 0.6 is 0 Å². The van der Waals surface area contributed by atoms with Crippen LogP contribution in [0.1, 0.15) is 39.7 Å². The highest BCUT2D eigenvalue weighted by Crippen LogP contribution is 2.33. The third-order valence-corrected chi connectivity index (χ3v) is 3.14. The van der Waals surface area contributed by atoms with Crippen molar-refractivity contribution in [3.05, 3.63) is 23.8 Å². The number of carbonyl (C=O) groups is 1. The molecule has 26 heavy (non-hydrogen) atoms. The zero-order valence-electron chi connectivity index (χ0n) is 16.2. The average molecular weight is 372 g/mol. The van der Waals surface area contributed by atoms with Crippen LogP contribution in [0.2, 0.25) is 0 Å². The van der Waals surface area contributed by atoms with Gasteiger partial charge in [-0.1, -0.05) is 27.7 Å². The number of aliphatic hydroxyl groups excluding tert-OH is 2. The van der Waals surface area contributed by atoms with Gasteiger partial charge in [-0.2, -0.15) is 0 Å². The molecule has 1 aromatic carbocycles. The third-order valence-electron chi connectivity index (χ3n) is 3.14. The molecule has 0 saturated carbocycles. The second-order valence-corrected chi connectivity index (χ2v) is 6.43.